The molecule has 0 rings (SSSR count). The molecule has 0 unspecified atom stereocenters. The zero-order chi connectivity index (χ0) is 8.91. The number of aliphatic hydroxyl groups is 1. The van der Waals surface area contributed by atoms with E-state index in [9.17, 15) is 0 Å². The van der Waals surface area contributed by atoms with Crippen LogP contribution in [-0.4, -0.2) is 15.5 Å². The Kier molecular flexibility index (Phi) is 5.53. The van der Waals surface area contributed by atoms with Crippen molar-refractivity contribution in [2.75, 3.05) is 6.61 Å². The fourth-order valence-corrected chi connectivity index (χ4v) is 0.874. The van der Waals surface area contributed by atoms with E-state index in [-0.39, 0.29) is 6.61 Å². The lowest BCUT2D eigenvalue weighted by Crippen LogP contribution is -2.00. The van der Waals surface area contributed by atoms with E-state index in [0.717, 1.165) is 5.57 Å². The second kappa shape index (κ2) is 5.26. The fraction of sp³-hybridized carbons (Fsp3) is 0.714. The number of allylic oxidation sites excluding steroid dienone is 1. The Morgan fingerprint density at radius 3 is 2.36 bits per heavy atom. The molecule has 11 heavy (non-hydrogen) atoms. The van der Waals surface area contributed by atoms with Gasteiger partial charge in [0, 0.05) is 0 Å². The summed E-state index contributed by atoms with van der Waals surface area (Å²) in [5.41, 5.74) is 0.902. The average molecular weight is 218 g/mol. The monoisotopic (exact) mass is 216 g/mol. The molecule has 0 bridgehead atoms. The molecule has 0 aromatic rings. The Morgan fingerprint density at radius 2 is 2.00 bits per heavy atom. The van der Waals surface area contributed by atoms with Crippen LogP contribution in [0.4, 0.5) is 0 Å². The van der Waals surface area contributed by atoms with Crippen molar-refractivity contribution < 1.29 is 5.11 Å². The van der Waals surface area contributed by atoms with Crippen molar-refractivity contribution in [3.63, 3.8) is 0 Å². The first-order valence-corrected chi connectivity index (χ1v) is 4.42. The number of halogens is 3. The van der Waals surface area contributed by atoms with Gasteiger partial charge in [0.15, 0.2) is 3.79 Å². The minimum absolute atomic E-state index is 0.0693. The Hall–Kier alpha value is 0.570. The number of hydrogen-bond donors (Lipinski definition) is 1. The van der Waals surface area contributed by atoms with Crippen LogP contribution < -0.4 is 0 Å². The van der Waals surface area contributed by atoms with Crippen molar-refractivity contribution in [3.8, 4) is 0 Å². The van der Waals surface area contributed by atoms with E-state index in [1.165, 1.54) is 0 Å². The second-order valence-electron chi connectivity index (χ2n) is 2.36. The molecule has 1 N–H and O–H groups in total. The first kappa shape index (κ1) is 11.6. The highest BCUT2D eigenvalue weighted by Crippen LogP contribution is 2.31. The van der Waals surface area contributed by atoms with Crippen molar-refractivity contribution in [2.45, 2.75) is 23.6 Å². The van der Waals surface area contributed by atoms with Gasteiger partial charge < -0.3 is 5.11 Å². The molecule has 0 aliphatic heterocycles. The second-order valence-corrected chi connectivity index (χ2v) is 4.88. The van der Waals surface area contributed by atoms with E-state index >= 15 is 0 Å². The standard InChI is InChI=1S/C7H11Cl3O/c1-6(5-11)3-2-4-7(8,9)10/h3,11H,2,4-5H2,1H3/b6-3-. The fourth-order valence-electron chi connectivity index (χ4n) is 0.547. The summed E-state index contributed by atoms with van der Waals surface area (Å²) < 4.78 is -1.17. The van der Waals surface area contributed by atoms with E-state index in [1.54, 1.807) is 0 Å². The Balaban J connectivity index is 3.57. The zero-order valence-electron chi connectivity index (χ0n) is 6.28. The highest BCUT2D eigenvalue weighted by atomic mass is 35.6. The summed E-state index contributed by atoms with van der Waals surface area (Å²) in [5, 5.41) is 8.60. The highest BCUT2D eigenvalue weighted by Gasteiger charge is 2.17. The maximum atomic E-state index is 8.60. The first-order chi connectivity index (χ1) is 4.95. The zero-order valence-corrected chi connectivity index (χ0v) is 8.55. The quantitative estimate of drug-likeness (QED) is 0.569. The molecule has 4 heteroatoms. The van der Waals surface area contributed by atoms with Crippen LogP contribution in [-0.2, 0) is 0 Å². The summed E-state index contributed by atoms with van der Waals surface area (Å²) in [7, 11) is 0. The predicted molar refractivity (Wildman–Crippen MR) is 50.4 cm³/mol. The van der Waals surface area contributed by atoms with E-state index in [4.69, 9.17) is 39.9 Å². The molecule has 0 atom stereocenters. The van der Waals surface area contributed by atoms with Gasteiger partial charge in [-0.3, -0.25) is 0 Å². The third-order valence-electron chi connectivity index (χ3n) is 1.17. The minimum Gasteiger partial charge on any atom is -0.392 e. The van der Waals surface area contributed by atoms with Gasteiger partial charge in [-0.2, -0.15) is 0 Å². The van der Waals surface area contributed by atoms with Crippen molar-refractivity contribution in [1.82, 2.24) is 0 Å². The van der Waals surface area contributed by atoms with Crippen molar-refractivity contribution in [3.05, 3.63) is 11.6 Å². The number of alkyl halides is 3. The van der Waals surface area contributed by atoms with E-state index < -0.39 is 3.79 Å². The van der Waals surface area contributed by atoms with Crippen LogP contribution in [0.2, 0.25) is 0 Å². The summed E-state index contributed by atoms with van der Waals surface area (Å²) in [4.78, 5) is 0. The van der Waals surface area contributed by atoms with Gasteiger partial charge in [-0.25, -0.2) is 0 Å². The van der Waals surface area contributed by atoms with Crippen LogP contribution in [0.3, 0.4) is 0 Å². The maximum Gasteiger partial charge on any atom is 0.190 e. The third-order valence-corrected chi connectivity index (χ3v) is 1.74. The van der Waals surface area contributed by atoms with Gasteiger partial charge in [-0.05, 0) is 19.8 Å². The molecule has 0 amide bonds. The Morgan fingerprint density at radius 1 is 1.45 bits per heavy atom. The van der Waals surface area contributed by atoms with Crippen LogP contribution >= 0.6 is 34.8 Å². The van der Waals surface area contributed by atoms with Gasteiger partial charge >= 0.3 is 0 Å². The highest BCUT2D eigenvalue weighted by molar-refractivity contribution is 6.67. The summed E-state index contributed by atoms with van der Waals surface area (Å²) in [6.45, 7) is 1.90. The van der Waals surface area contributed by atoms with Gasteiger partial charge in [0.05, 0.1) is 6.61 Å². The number of aliphatic hydroxyl groups excluding tert-OH is 1. The molecule has 0 aromatic heterocycles. The molecule has 0 saturated heterocycles. The van der Waals surface area contributed by atoms with Crippen LogP contribution in [0, 0.1) is 0 Å². The Labute approximate surface area is 81.9 Å². The van der Waals surface area contributed by atoms with Crippen LogP contribution in [0.25, 0.3) is 0 Å². The van der Waals surface area contributed by atoms with Crippen molar-refractivity contribution >= 4 is 34.8 Å². The Bertz CT molecular complexity index is 137. The molecule has 0 radical (unpaired) electrons. The number of rotatable bonds is 3. The molecule has 0 aliphatic carbocycles. The molecule has 1 nitrogen and oxygen atoms in total. The average Bonchev–Trinajstić information content (AvgIpc) is 1.85. The smallest absolute Gasteiger partial charge is 0.190 e. The van der Waals surface area contributed by atoms with Gasteiger partial charge in [-0.15, -0.1) is 0 Å². The first-order valence-electron chi connectivity index (χ1n) is 3.29. The molecule has 0 spiro atoms. The largest absolute Gasteiger partial charge is 0.392 e. The minimum atomic E-state index is -1.17. The lowest BCUT2D eigenvalue weighted by atomic mass is 10.2. The van der Waals surface area contributed by atoms with Gasteiger partial charge in [0.25, 0.3) is 0 Å². The molecule has 0 aromatic carbocycles. The summed E-state index contributed by atoms with van der Waals surface area (Å²) in [6, 6.07) is 0. The number of hydrogen-bond acceptors (Lipinski definition) is 1. The van der Waals surface area contributed by atoms with Crippen molar-refractivity contribution in [1.29, 1.82) is 0 Å². The third kappa shape index (κ3) is 8.48. The van der Waals surface area contributed by atoms with Gasteiger partial charge in [0.1, 0.15) is 0 Å². The topological polar surface area (TPSA) is 20.2 Å². The maximum absolute atomic E-state index is 8.60. The molecular weight excluding hydrogens is 206 g/mol. The predicted octanol–water partition coefficient (Wildman–Crippen LogP) is 3.08. The van der Waals surface area contributed by atoms with Gasteiger partial charge in [0.2, 0.25) is 0 Å². The van der Waals surface area contributed by atoms with Crippen LogP contribution in [0.1, 0.15) is 19.8 Å². The lowest BCUT2D eigenvalue weighted by molar-refractivity contribution is 0.331. The summed E-state index contributed by atoms with van der Waals surface area (Å²) >= 11 is 16.5. The molecule has 0 heterocycles. The normalized spacial score (nSPS) is 13.7. The van der Waals surface area contributed by atoms with Crippen LogP contribution in [0.15, 0.2) is 11.6 Å². The van der Waals surface area contributed by atoms with Gasteiger partial charge in [-0.1, -0.05) is 46.5 Å². The summed E-state index contributed by atoms with van der Waals surface area (Å²) in [5.74, 6) is 0. The molecule has 66 valence electrons. The van der Waals surface area contributed by atoms with E-state index in [2.05, 4.69) is 0 Å². The molecule has 0 aliphatic rings. The summed E-state index contributed by atoms with van der Waals surface area (Å²) in [6.07, 6.45) is 3.03. The van der Waals surface area contributed by atoms with Crippen LogP contribution in [0.5, 0.6) is 0 Å². The van der Waals surface area contributed by atoms with E-state index in [0.29, 0.717) is 12.8 Å². The molecular formula is C7H11Cl3O. The molecule has 0 saturated carbocycles. The van der Waals surface area contributed by atoms with E-state index in [1.807, 2.05) is 13.0 Å². The molecule has 0 fully saturated rings. The van der Waals surface area contributed by atoms with Crippen molar-refractivity contribution in [2.24, 2.45) is 0 Å². The lowest BCUT2D eigenvalue weighted by Gasteiger charge is -2.07. The SMILES string of the molecule is C/C(=C/CCC(Cl)(Cl)Cl)CO.